The van der Waals surface area contributed by atoms with Gasteiger partial charge in [-0.05, 0) is 50.5 Å². The minimum Gasteiger partial charge on any atom is -0.260 e. The number of sulfonamides is 1. The Morgan fingerprint density at radius 2 is 1.79 bits per heavy atom. The molecule has 1 aromatic heterocycles. The molecule has 24 heavy (non-hydrogen) atoms. The Morgan fingerprint density at radius 1 is 1.04 bits per heavy atom. The lowest BCUT2D eigenvalue weighted by Gasteiger charge is -2.21. The molecule has 3 rings (SSSR count). The number of rotatable bonds is 2. The van der Waals surface area contributed by atoms with Crippen LogP contribution in [0.4, 0.5) is 0 Å². The lowest BCUT2D eigenvalue weighted by atomic mass is 10.0. The third-order valence-corrected chi connectivity index (χ3v) is 6.23. The van der Waals surface area contributed by atoms with Crippen molar-refractivity contribution in [3.63, 3.8) is 0 Å². The predicted octanol–water partition coefficient (Wildman–Crippen LogP) is 3.47. The quantitative estimate of drug-likeness (QED) is 0.785. The number of hydrogen-bond acceptors (Lipinski definition) is 3. The zero-order valence-electron chi connectivity index (χ0n) is 14.1. The topological polar surface area (TPSA) is 50.3 Å². The molecule has 1 aliphatic rings. The van der Waals surface area contributed by atoms with Crippen molar-refractivity contribution in [2.45, 2.75) is 38.1 Å². The van der Waals surface area contributed by atoms with E-state index in [0.29, 0.717) is 18.0 Å². The molecule has 0 spiro atoms. The third kappa shape index (κ3) is 3.57. The molecule has 5 heteroatoms. The molecule has 0 N–H and O–H groups in total. The number of nitrogens with zero attached hydrogens (tertiary/aromatic N) is 2. The van der Waals surface area contributed by atoms with E-state index in [0.717, 1.165) is 29.7 Å². The highest BCUT2D eigenvalue weighted by Crippen LogP contribution is 2.22. The molecule has 2 heterocycles. The van der Waals surface area contributed by atoms with Crippen molar-refractivity contribution < 1.29 is 8.42 Å². The number of hydrogen-bond donors (Lipinski definition) is 0. The average molecular weight is 342 g/mol. The van der Waals surface area contributed by atoms with Gasteiger partial charge in [-0.3, -0.25) is 4.98 Å². The maximum absolute atomic E-state index is 13.1. The summed E-state index contributed by atoms with van der Waals surface area (Å²) in [6, 6.07) is 11.0. The van der Waals surface area contributed by atoms with E-state index in [-0.39, 0.29) is 0 Å². The zero-order valence-corrected chi connectivity index (χ0v) is 14.9. The fraction of sp³-hybridized carbons (Fsp3) is 0.316. The van der Waals surface area contributed by atoms with E-state index in [1.807, 2.05) is 37.3 Å². The predicted molar refractivity (Wildman–Crippen MR) is 95.1 cm³/mol. The average Bonchev–Trinajstić information content (AvgIpc) is 2.65. The summed E-state index contributed by atoms with van der Waals surface area (Å²) in [5.74, 6) is 0. The summed E-state index contributed by atoms with van der Waals surface area (Å²) in [6.45, 7) is 4.68. The molecule has 4 nitrogen and oxygen atoms in total. The van der Waals surface area contributed by atoms with E-state index in [1.54, 1.807) is 18.3 Å². The standard InChI is InChI=1S/C19H22N2O2S/c1-15-6-9-18(10-7-15)24(22,23)21-13-11-16(2)5-8-17-4-3-12-20-19(17)14-21/h3-4,6-7,9-12H,5,8,13-14H2,1-2H3/b16-11+. The largest absolute Gasteiger partial charge is 0.260 e. The number of pyridine rings is 1. The summed E-state index contributed by atoms with van der Waals surface area (Å²) in [5.41, 5.74) is 4.21. The Bertz CT molecular complexity index is 855. The molecular weight excluding hydrogens is 320 g/mol. The number of benzene rings is 1. The summed E-state index contributed by atoms with van der Waals surface area (Å²) in [5, 5.41) is 0. The van der Waals surface area contributed by atoms with Gasteiger partial charge in [0.25, 0.3) is 0 Å². The smallest absolute Gasteiger partial charge is 0.243 e. The van der Waals surface area contributed by atoms with E-state index in [1.165, 1.54) is 9.88 Å². The molecule has 0 fully saturated rings. The lowest BCUT2D eigenvalue weighted by molar-refractivity contribution is 0.432. The van der Waals surface area contributed by atoms with Gasteiger partial charge in [0.1, 0.15) is 0 Å². The van der Waals surface area contributed by atoms with Crippen LogP contribution in [0, 0.1) is 6.92 Å². The second kappa shape index (κ2) is 6.87. The Kier molecular flexibility index (Phi) is 4.83. The van der Waals surface area contributed by atoms with Crippen LogP contribution in [0.1, 0.15) is 30.2 Å². The molecule has 0 saturated carbocycles. The Labute approximate surface area is 143 Å². The van der Waals surface area contributed by atoms with Crippen molar-refractivity contribution in [2.24, 2.45) is 0 Å². The van der Waals surface area contributed by atoms with Crippen LogP contribution in [-0.2, 0) is 23.0 Å². The molecule has 0 radical (unpaired) electrons. The monoisotopic (exact) mass is 342 g/mol. The van der Waals surface area contributed by atoms with Gasteiger partial charge < -0.3 is 0 Å². The molecule has 0 aliphatic carbocycles. The highest BCUT2D eigenvalue weighted by molar-refractivity contribution is 7.89. The summed E-state index contributed by atoms with van der Waals surface area (Å²) in [4.78, 5) is 4.76. The fourth-order valence-corrected chi connectivity index (χ4v) is 4.15. The van der Waals surface area contributed by atoms with E-state index in [2.05, 4.69) is 11.9 Å². The third-order valence-electron chi connectivity index (χ3n) is 4.40. The van der Waals surface area contributed by atoms with Crippen LogP contribution >= 0.6 is 0 Å². The van der Waals surface area contributed by atoms with Crippen LogP contribution in [0.2, 0.25) is 0 Å². The molecular formula is C19H22N2O2S. The minimum atomic E-state index is -3.55. The molecule has 0 saturated heterocycles. The zero-order chi connectivity index (χ0) is 17.2. The van der Waals surface area contributed by atoms with E-state index in [9.17, 15) is 8.42 Å². The van der Waals surface area contributed by atoms with Crippen LogP contribution in [0.25, 0.3) is 0 Å². The first kappa shape index (κ1) is 16.9. The van der Waals surface area contributed by atoms with Crippen LogP contribution in [0.3, 0.4) is 0 Å². The van der Waals surface area contributed by atoms with E-state index < -0.39 is 10.0 Å². The van der Waals surface area contributed by atoms with Gasteiger partial charge in [0.15, 0.2) is 0 Å². The highest BCUT2D eigenvalue weighted by atomic mass is 32.2. The van der Waals surface area contributed by atoms with Crippen LogP contribution in [0.5, 0.6) is 0 Å². The number of allylic oxidation sites excluding steroid dienone is 1. The van der Waals surface area contributed by atoms with Gasteiger partial charge in [-0.1, -0.05) is 35.4 Å². The van der Waals surface area contributed by atoms with Crippen LogP contribution in [-0.4, -0.2) is 24.3 Å². The Balaban J connectivity index is 2.01. The maximum Gasteiger partial charge on any atom is 0.243 e. The van der Waals surface area contributed by atoms with Crippen molar-refractivity contribution >= 4 is 10.0 Å². The van der Waals surface area contributed by atoms with Crippen molar-refractivity contribution in [3.05, 3.63) is 71.1 Å². The van der Waals surface area contributed by atoms with Gasteiger partial charge in [-0.25, -0.2) is 8.42 Å². The maximum atomic E-state index is 13.1. The van der Waals surface area contributed by atoms with Crippen LogP contribution in [0.15, 0.2) is 59.1 Å². The molecule has 0 amide bonds. The van der Waals surface area contributed by atoms with Crippen molar-refractivity contribution in [2.75, 3.05) is 6.54 Å². The Morgan fingerprint density at radius 3 is 2.54 bits per heavy atom. The second-order valence-corrected chi connectivity index (χ2v) is 8.21. The molecule has 1 aromatic carbocycles. The first-order valence-corrected chi connectivity index (χ1v) is 9.56. The van der Waals surface area contributed by atoms with E-state index >= 15 is 0 Å². The van der Waals surface area contributed by atoms with Gasteiger partial charge in [0, 0.05) is 12.7 Å². The summed E-state index contributed by atoms with van der Waals surface area (Å²) in [6.07, 6.45) is 5.56. The first-order valence-electron chi connectivity index (χ1n) is 8.12. The molecule has 0 unspecified atom stereocenters. The summed E-state index contributed by atoms with van der Waals surface area (Å²) < 4.78 is 27.6. The van der Waals surface area contributed by atoms with Crippen molar-refractivity contribution in [1.29, 1.82) is 0 Å². The number of aryl methyl sites for hydroxylation is 2. The van der Waals surface area contributed by atoms with Gasteiger partial charge in [-0.2, -0.15) is 4.31 Å². The molecule has 0 bridgehead atoms. The van der Waals surface area contributed by atoms with Gasteiger partial charge >= 0.3 is 0 Å². The SMILES string of the molecule is C/C1=C\CN(S(=O)(=O)c2ccc(C)cc2)Cc2ncccc2CC1. The summed E-state index contributed by atoms with van der Waals surface area (Å²) >= 11 is 0. The second-order valence-electron chi connectivity index (χ2n) is 6.27. The van der Waals surface area contributed by atoms with Crippen LogP contribution < -0.4 is 0 Å². The van der Waals surface area contributed by atoms with Gasteiger partial charge in [0.05, 0.1) is 17.1 Å². The van der Waals surface area contributed by atoms with E-state index in [4.69, 9.17) is 0 Å². The summed E-state index contributed by atoms with van der Waals surface area (Å²) in [7, 11) is -3.55. The van der Waals surface area contributed by atoms with Gasteiger partial charge in [0.2, 0.25) is 10.0 Å². The number of fused-ring (bicyclic) bond motifs is 1. The first-order chi connectivity index (χ1) is 11.5. The number of aromatic nitrogens is 1. The van der Waals surface area contributed by atoms with Crippen molar-refractivity contribution in [3.8, 4) is 0 Å². The van der Waals surface area contributed by atoms with Crippen molar-refractivity contribution in [1.82, 2.24) is 9.29 Å². The molecule has 126 valence electrons. The minimum absolute atomic E-state index is 0.302. The molecule has 0 atom stereocenters. The highest BCUT2D eigenvalue weighted by Gasteiger charge is 2.25. The van der Waals surface area contributed by atoms with Gasteiger partial charge in [-0.15, -0.1) is 0 Å². The molecule has 1 aliphatic heterocycles. The normalized spacial score (nSPS) is 18.7. The Hall–Kier alpha value is -1.98. The lowest BCUT2D eigenvalue weighted by Crippen LogP contribution is -2.31. The molecule has 2 aromatic rings. The fourth-order valence-electron chi connectivity index (χ4n) is 2.81.